The summed E-state index contributed by atoms with van der Waals surface area (Å²) in [4.78, 5) is 12.1. The number of hydrogen-bond donors (Lipinski definition) is 3. The molecule has 2 unspecified atom stereocenters. The molecule has 4 nitrogen and oxygen atoms in total. The molecule has 0 aromatic heterocycles. The highest BCUT2D eigenvalue weighted by Crippen LogP contribution is 2.25. The van der Waals surface area contributed by atoms with Crippen molar-refractivity contribution in [1.29, 1.82) is 0 Å². The van der Waals surface area contributed by atoms with Gasteiger partial charge in [-0.1, -0.05) is 43.0 Å². The topological polar surface area (TPSA) is 61.4 Å². The standard InChI is InChI=1S/C15H22Cl2N2O2/c1-3-4-5-12(9-20)19-15(21)10(2)18-11-6-7-13(16)14(17)8-11/h6-8,10,12,18,20H,3-5,9H2,1-2H3,(H,19,21). The number of unbranched alkanes of at least 4 members (excludes halogenated alkanes) is 1. The Morgan fingerprint density at radius 1 is 1.33 bits per heavy atom. The number of aliphatic hydroxyl groups is 1. The predicted octanol–water partition coefficient (Wildman–Crippen LogP) is 3.46. The Labute approximate surface area is 135 Å². The maximum Gasteiger partial charge on any atom is 0.242 e. The van der Waals surface area contributed by atoms with Crippen LogP contribution in [0.5, 0.6) is 0 Å². The van der Waals surface area contributed by atoms with Crippen LogP contribution in [0.1, 0.15) is 33.1 Å². The third-order valence-corrected chi connectivity index (χ3v) is 3.91. The summed E-state index contributed by atoms with van der Waals surface area (Å²) in [5, 5.41) is 16.1. The number of carbonyl (C=O) groups is 1. The highest BCUT2D eigenvalue weighted by molar-refractivity contribution is 6.42. The number of aliphatic hydroxyl groups excluding tert-OH is 1. The van der Waals surface area contributed by atoms with Crippen LogP contribution in [0.15, 0.2) is 18.2 Å². The molecule has 21 heavy (non-hydrogen) atoms. The third kappa shape index (κ3) is 6.12. The minimum absolute atomic E-state index is 0.0504. The van der Waals surface area contributed by atoms with E-state index in [1.165, 1.54) is 0 Å². The Morgan fingerprint density at radius 3 is 2.62 bits per heavy atom. The van der Waals surface area contributed by atoms with Gasteiger partial charge in [-0.25, -0.2) is 0 Å². The number of amides is 1. The van der Waals surface area contributed by atoms with Crippen LogP contribution >= 0.6 is 23.2 Å². The summed E-state index contributed by atoms with van der Waals surface area (Å²) in [6, 6.07) is 4.48. The molecule has 1 aromatic carbocycles. The number of halogens is 2. The second-order valence-corrected chi connectivity index (χ2v) is 5.84. The van der Waals surface area contributed by atoms with Gasteiger partial charge in [-0.15, -0.1) is 0 Å². The van der Waals surface area contributed by atoms with Crippen LogP contribution in [0.2, 0.25) is 10.0 Å². The van der Waals surface area contributed by atoms with Gasteiger partial charge in [-0.3, -0.25) is 4.79 Å². The Hall–Kier alpha value is -0.970. The zero-order valence-electron chi connectivity index (χ0n) is 12.3. The molecule has 0 radical (unpaired) electrons. The molecule has 118 valence electrons. The van der Waals surface area contributed by atoms with Gasteiger partial charge in [0.2, 0.25) is 5.91 Å². The van der Waals surface area contributed by atoms with E-state index in [-0.39, 0.29) is 18.6 Å². The maximum atomic E-state index is 12.1. The summed E-state index contributed by atoms with van der Waals surface area (Å²) in [6.07, 6.45) is 2.78. The summed E-state index contributed by atoms with van der Waals surface area (Å²) in [5.41, 5.74) is 0.723. The van der Waals surface area contributed by atoms with E-state index in [1.807, 2.05) is 0 Å². The van der Waals surface area contributed by atoms with Crippen LogP contribution in [0, 0.1) is 0 Å². The highest BCUT2D eigenvalue weighted by atomic mass is 35.5. The Kier molecular flexibility index (Phi) is 7.86. The van der Waals surface area contributed by atoms with Gasteiger partial charge >= 0.3 is 0 Å². The molecule has 0 aliphatic heterocycles. The van der Waals surface area contributed by atoms with Gasteiger partial charge in [-0.05, 0) is 31.5 Å². The van der Waals surface area contributed by atoms with Crippen LogP contribution in [0.3, 0.4) is 0 Å². The van der Waals surface area contributed by atoms with Crippen molar-refractivity contribution in [2.75, 3.05) is 11.9 Å². The molecule has 0 saturated carbocycles. The monoisotopic (exact) mass is 332 g/mol. The fourth-order valence-corrected chi connectivity index (χ4v) is 2.19. The fraction of sp³-hybridized carbons (Fsp3) is 0.533. The fourth-order valence-electron chi connectivity index (χ4n) is 1.89. The van der Waals surface area contributed by atoms with E-state index in [4.69, 9.17) is 23.2 Å². The summed E-state index contributed by atoms with van der Waals surface area (Å²) in [5.74, 6) is -0.156. The molecule has 0 bridgehead atoms. The predicted molar refractivity (Wildman–Crippen MR) is 88.1 cm³/mol. The van der Waals surface area contributed by atoms with Crippen LogP contribution < -0.4 is 10.6 Å². The van der Waals surface area contributed by atoms with Crippen molar-refractivity contribution in [3.8, 4) is 0 Å². The van der Waals surface area contributed by atoms with Crippen LogP contribution in [-0.2, 0) is 4.79 Å². The summed E-state index contributed by atoms with van der Waals surface area (Å²) in [6.45, 7) is 3.78. The van der Waals surface area contributed by atoms with Crippen molar-refractivity contribution in [2.45, 2.75) is 45.2 Å². The van der Waals surface area contributed by atoms with Crippen LogP contribution in [-0.4, -0.2) is 29.7 Å². The molecule has 0 saturated heterocycles. The van der Waals surface area contributed by atoms with E-state index >= 15 is 0 Å². The van der Waals surface area contributed by atoms with Gasteiger partial charge in [0.1, 0.15) is 6.04 Å². The second-order valence-electron chi connectivity index (χ2n) is 5.03. The Balaban J connectivity index is 2.55. The molecular weight excluding hydrogens is 311 g/mol. The van der Waals surface area contributed by atoms with Crippen molar-refractivity contribution in [1.82, 2.24) is 5.32 Å². The molecule has 1 amide bonds. The Bertz CT molecular complexity index is 469. The molecule has 0 fully saturated rings. The number of benzene rings is 1. The normalized spacial score (nSPS) is 13.6. The first-order valence-electron chi connectivity index (χ1n) is 7.10. The van der Waals surface area contributed by atoms with Crippen molar-refractivity contribution in [3.63, 3.8) is 0 Å². The summed E-state index contributed by atoms with van der Waals surface area (Å²) < 4.78 is 0. The molecule has 0 heterocycles. The number of rotatable bonds is 8. The van der Waals surface area contributed by atoms with Crippen molar-refractivity contribution in [3.05, 3.63) is 28.2 Å². The average Bonchev–Trinajstić information content (AvgIpc) is 2.46. The van der Waals surface area contributed by atoms with E-state index in [1.54, 1.807) is 25.1 Å². The SMILES string of the molecule is CCCCC(CO)NC(=O)C(C)Nc1ccc(Cl)c(Cl)c1. The van der Waals surface area contributed by atoms with E-state index in [2.05, 4.69) is 17.6 Å². The molecule has 6 heteroatoms. The van der Waals surface area contributed by atoms with Gasteiger partial charge in [0.05, 0.1) is 22.7 Å². The lowest BCUT2D eigenvalue weighted by molar-refractivity contribution is -0.122. The van der Waals surface area contributed by atoms with E-state index < -0.39 is 6.04 Å². The van der Waals surface area contributed by atoms with Gasteiger partial charge < -0.3 is 15.7 Å². The smallest absolute Gasteiger partial charge is 0.242 e. The highest BCUT2D eigenvalue weighted by Gasteiger charge is 2.17. The quantitative estimate of drug-likeness (QED) is 0.683. The van der Waals surface area contributed by atoms with E-state index in [9.17, 15) is 9.90 Å². The third-order valence-electron chi connectivity index (χ3n) is 3.17. The molecule has 1 rings (SSSR count). The minimum atomic E-state index is -0.432. The zero-order valence-corrected chi connectivity index (χ0v) is 13.8. The molecular formula is C15H22Cl2N2O2. The summed E-state index contributed by atoms with van der Waals surface area (Å²) >= 11 is 11.8. The van der Waals surface area contributed by atoms with Gasteiger partial charge in [0.15, 0.2) is 0 Å². The first-order valence-corrected chi connectivity index (χ1v) is 7.86. The van der Waals surface area contributed by atoms with E-state index in [0.29, 0.717) is 10.0 Å². The second kappa shape index (κ2) is 9.13. The molecule has 3 N–H and O–H groups in total. The molecule has 2 atom stereocenters. The summed E-state index contributed by atoms with van der Waals surface area (Å²) in [7, 11) is 0. The van der Waals surface area contributed by atoms with Crippen LogP contribution in [0.4, 0.5) is 5.69 Å². The molecule has 0 spiro atoms. The number of carbonyl (C=O) groups excluding carboxylic acids is 1. The lowest BCUT2D eigenvalue weighted by Gasteiger charge is -2.20. The number of nitrogens with one attached hydrogen (secondary N) is 2. The average molecular weight is 333 g/mol. The molecule has 0 aliphatic rings. The lowest BCUT2D eigenvalue weighted by Crippen LogP contribution is -2.44. The van der Waals surface area contributed by atoms with Crippen molar-refractivity contribution in [2.24, 2.45) is 0 Å². The Morgan fingerprint density at radius 2 is 2.05 bits per heavy atom. The number of anilines is 1. The zero-order chi connectivity index (χ0) is 15.8. The number of hydrogen-bond acceptors (Lipinski definition) is 3. The lowest BCUT2D eigenvalue weighted by atomic mass is 10.1. The van der Waals surface area contributed by atoms with Gasteiger partial charge in [0.25, 0.3) is 0 Å². The van der Waals surface area contributed by atoms with Gasteiger partial charge in [0, 0.05) is 5.69 Å². The van der Waals surface area contributed by atoms with Crippen LogP contribution in [0.25, 0.3) is 0 Å². The molecule has 0 aliphatic carbocycles. The van der Waals surface area contributed by atoms with Crippen molar-refractivity contribution >= 4 is 34.8 Å². The molecule has 1 aromatic rings. The van der Waals surface area contributed by atoms with Gasteiger partial charge in [-0.2, -0.15) is 0 Å². The van der Waals surface area contributed by atoms with E-state index in [0.717, 1.165) is 24.9 Å². The van der Waals surface area contributed by atoms with Crippen molar-refractivity contribution < 1.29 is 9.90 Å². The first kappa shape index (κ1) is 18.1. The minimum Gasteiger partial charge on any atom is -0.394 e. The maximum absolute atomic E-state index is 12.1. The largest absolute Gasteiger partial charge is 0.394 e. The first-order chi connectivity index (χ1) is 9.97.